The maximum absolute atomic E-state index is 13.0. The van der Waals surface area contributed by atoms with E-state index in [-0.39, 0.29) is 17.5 Å². The van der Waals surface area contributed by atoms with Gasteiger partial charge < -0.3 is 14.7 Å². The van der Waals surface area contributed by atoms with Crippen LogP contribution in [0.1, 0.15) is 29.3 Å². The molecule has 32 heavy (non-hydrogen) atoms. The van der Waals surface area contributed by atoms with Crippen LogP contribution in [-0.4, -0.2) is 73.5 Å². The number of aryl methyl sites for hydroxylation is 2. The van der Waals surface area contributed by atoms with E-state index in [0.717, 1.165) is 36.5 Å². The Hall–Kier alpha value is -3.69. The lowest BCUT2D eigenvalue weighted by atomic mass is 10.0. The van der Waals surface area contributed by atoms with E-state index in [1.54, 1.807) is 36.2 Å². The minimum atomic E-state index is -0.184. The fourth-order valence-corrected chi connectivity index (χ4v) is 4.48. The van der Waals surface area contributed by atoms with Gasteiger partial charge in [0, 0.05) is 70.8 Å². The monoisotopic (exact) mass is 435 g/mol. The highest BCUT2D eigenvalue weighted by atomic mass is 16.2. The molecule has 0 saturated carbocycles. The van der Waals surface area contributed by atoms with Crippen LogP contribution < -0.4 is 10.6 Å². The molecule has 5 rings (SSSR count). The number of hydrogen-bond acceptors (Lipinski definition) is 6. The van der Waals surface area contributed by atoms with Gasteiger partial charge in [-0.15, -0.1) is 0 Å². The van der Waals surface area contributed by atoms with Crippen molar-refractivity contribution in [3.05, 3.63) is 52.2 Å². The molecule has 0 spiro atoms. The molecular formula is C22H25N7O3. The first kappa shape index (κ1) is 20.2. The topological polar surface area (TPSA) is 96.1 Å². The van der Waals surface area contributed by atoms with E-state index in [4.69, 9.17) is 0 Å². The molecule has 2 amide bonds. The van der Waals surface area contributed by atoms with Crippen molar-refractivity contribution in [3.8, 4) is 0 Å². The molecule has 2 aliphatic rings. The van der Waals surface area contributed by atoms with Crippen LogP contribution in [0, 0.1) is 0 Å². The Balaban J connectivity index is 1.40. The summed E-state index contributed by atoms with van der Waals surface area (Å²) in [6.07, 6.45) is 5.15. The number of aromatic nitrogens is 4. The number of piperazine rings is 1. The van der Waals surface area contributed by atoms with E-state index < -0.39 is 0 Å². The fraction of sp³-hybridized carbons (Fsp3) is 0.409. The predicted molar refractivity (Wildman–Crippen MR) is 118 cm³/mol. The Morgan fingerprint density at radius 3 is 2.53 bits per heavy atom. The van der Waals surface area contributed by atoms with Crippen LogP contribution in [-0.2, 0) is 18.3 Å². The van der Waals surface area contributed by atoms with Gasteiger partial charge in [0.1, 0.15) is 5.82 Å². The summed E-state index contributed by atoms with van der Waals surface area (Å²) in [6.45, 7) is 4.54. The fourth-order valence-electron chi connectivity index (χ4n) is 4.48. The van der Waals surface area contributed by atoms with Gasteiger partial charge in [-0.05, 0) is 30.5 Å². The number of carbonyl (C=O) groups is 2. The second-order valence-corrected chi connectivity index (χ2v) is 8.28. The molecule has 3 aromatic heterocycles. The smallest absolute Gasteiger partial charge is 0.339 e. The van der Waals surface area contributed by atoms with Gasteiger partial charge >= 0.3 is 5.69 Å². The first-order valence-corrected chi connectivity index (χ1v) is 10.8. The molecule has 0 aliphatic carbocycles. The van der Waals surface area contributed by atoms with Crippen LogP contribution >= 0.6 is 0 Å². The zero-order valence-corrected chi connectivity index (χ0v) is 18.2. The molecule has 5 heterocycles. The summed E-state index contributed by atoms with van der Waals surface area (Å²) in [5, 5.41) is 4.27. The Bertz CT molecular complexity index is 1270. The lowest BCUT2D eigenvalue weighted by molar-refractivity contribution is -0.130. The van der Waals surface area contributed by atoms with E-state index >= 15 is 0 Å². The molecule has 0 radical (unpaired) electrons. The maximum atomic E-state index is 13.0. The van der Waals surface area contributed by atoms with Gasteiger partial charge in [0.05, 0.1) is 5.56 Å². The first-order chi connectivity index (χ1) is 15.4. The van der Waals surface area contributed by atoms with Gasteiger partial charge in [-0.2, -0.15) is 5.10 Å². The molecule has 10 heteroatoms. The average molecular weight is 435 g/mol. The van der Waals surface area contributed by atoms with Gasteiger partial charge in [0.2, 0.25) is 5.91 Å². The SMILES string of the molecule is CC(=O)N1CCN(C(=O)c2cnc3c(c2)CCCN3c2ccn3c(=O)n(C)nc3c2)CC1. The number of fused-ring (bicyclic) bond motifs is 2. The van der Waals surface area contributed by atoms with Gasteiger partial charge in [0.25, 0.3) is 5.91 Å². The zero-order valence-electron chi connectivity index (χ0n) is 18.2. The van der Waals surface area contributed by atoms with Crippen LogP contribution in [0.3, 0.4) is 0 Å². The first-order valence-electron chi connectivity index (χ1n) is 10.8. The largest absolute Gasteiger partial charge is 0.350 e. The molecule has 0 unspecified atom stereocenters. The Kier molecular flexibility index (Phi) is 4.91. The van der Waals surface area contributed by atoms with Crippen LogP contribution in [0.4, 0.5) is 11.5 Å². The van der Waals surface area contributed by atoms with E-state index in [0.29, 0.717) is 37.4 Å². The predicted octanol–water partition coefficient (Wildman–Crippen LogP) is 0.817. The van der Waals surface area contributed by atoms with Gasteiger partial charge in [-0.1, -0.05) is 0 Å². The third kappa shape index (κ3) is 3.41. The quantitative estimate of drug-likeness (QED) is 0.591. The van der Waals surface area contributed by atoms with Crippen LogP contribution in [0.2, 0.25) is 0 Å². The second kappa shape index (κ2) is 7.77. The van der Waals surface area contributed by atoms with E-state index in [2.05, 4.69) is 15.0 Å². The van der Waals surface area contributed by atoms with Crippen molar-refractivity contribution < 1.29 is 9.59 Å². The maximum Gasteiger partial charge on any atom is 0.350 e. The highest BCUT2D eigenvalue weighted by Gasteiger charge is 2.26. The number of pyridine rings is 2. The number of anilines is 2. The van der Waals surface area contributed by atoms with Crippen molar-refractivity contribution in [2.24, 2.45) is 7.05 Å². The van der Waals surface area contributed by atoms with E-state index in [1.165, 1.54) is 9.08 Å². The molecule has 166 valence electrons. The molecule has 0 bridgehead atoms. The van der Waals surface area contributed by atoms with Crippen molar-refractivity contribution >= 4 is 29.0 Å². The molecule has 3 aromatic rings. The molecule has 0 N–H and O–H groups in total. The Morgan fingerprint density at radius 2 is 1.78 bits per heavy atom. The highest BCUT2D eigenvalue weighted by Crippen LogP contribution is 2.32. The normalized spacial score (nSPS) is 16.4. The molecule has 1 saturated heterocycles. The van der Waals surface area contributed by atoms with Gasteiger partial charge in [0.15, 0.2) is 5.65 Å². The summed E-state index contributed by atoms with van der Waals surface area (Å²) in [4.78, 5) is 46.9. The summed E-state index contributed by atoms with van der Waals surface area (Å²) in [7, 11) is 1.63. The van der Waals surface area contributed by atoms with E-state index in [9.17, 15) is 14.4 Å². The minimum absolute atomic E-state index is 0.0430. The summed E-state index contributed by atoms with van der Waals surface area (Å²) in [5.41, 5.74) is 2.92. The summed E-state index contributed by atoms with van der Waals surface area (Å²) in [6, 6.07) is 5.71. The van der Waals surface area contributed by atoms with Crippen molar-refractivity contribution in [1.29, 1.82) is 0 Å². The molecule has 0 atom stereocenters. The number of amides is 2. The van der Waals surface area contributed by atoms with E-state index in [1.807, 2.05) is 18.2 Å². The van der Waals surface area contributed by atoms with Crippen LogP contribution in [0.25, 0.3) is 5.65 Å². The lowest BCUT2D eigenvalue weighted by Crippen LogP contribution is -2.50. The summed E-state index contributed by atoms with van der Waals surface area (Å²) >= 11 is 0. The molecule has 1 fully saturated rings. The van der Waals surface area contributed by atoms with Gasteiger partial charge in [-0.3, -0.25) is 14.0 Å². The molecular weight excluding hydrogens is 410 g/mol. The van der Waals surface area contributed by atoms with Crippen LogP contribution in [0.5, 0.6) is 0 Å². The Morgan fingerprint density at radius 1 is 1.03 bits per heavy atom. The summed E-state index contributed by atoms with van der Waals surface area (Å²) < 4.78 is 2.82. The standard InChI is InChI=1S/C22H25N7O3/c1-15(30)26-8-10-27(11-9-26)21(31)17-12-16-4-3-6-28(20(16)23-14-17)18-5-7-29-19(13-18)24-25(2)22(29)32/h5,7,12-14H,3-4,6,8-11H2,1-2H3. The van der Waals surface area contributed by atoms with Crippen molar-refractivity contribution in [3.63, 3.8) is 0 Å². The Labute approximate surface area is 184 Å². The lowest BCUT2D eigenvalue weighted by Gasteiger charge is -2.34. The van der Waals surface area contributed by atoms with Crippen molar-refractivity contribution in [2.45, 2.75) is 19.8 Å². The average Bonchev–Trinajstić information content (AvgIpc) is 3.10. The highest BCUT2D eigenvalue weighted by molar-refractivity contribution is 5.94. The molecule has 2 aliphatic heterocycles. The number of nitrogens with zero attached hydrogens (tertiary/aromatic N) is 7. The summed E-state index contributed by atoms with van der Waals surface area (Å²) in [5.74, 6) is 0.827. The molecule has 0 aromatic carbocycles. The zero-order chi connectivity index (χ0) is 22.4. The van der Waals surface area contributed by atoms with Crippen molar-refractivity contribution in [1.82, 2.24) is 29.0 Å². The third-order valence-corrected chi connectivity index (χ3v) is 6.25. The van der Waals surface area contributed by atoms with Crippen molar-refractivity contribution in [2.75, 3.05) is 37.6 Å². The number of rotatable bonds is 2. The minimum Gasteiger partial charge on any atom is -0.339 e. The van der Waals surface area contributed by atoms with Gasteiger partial charge in [-0.25, -0.2) is 14.5 Å². The third-order valence-electron chi connectivity index (χ3n) is 6.25. The number of carbonyl (C=O) groups excluding carboxylic acids is 2. The molecule has 10 nitrogen and oxygen atoms in total. The number of hydrogen-bond donors (Lipinski definition) is 0. The van der Waals surface area contributed by atoms with Crippen LogP contribution in [0.15, 0.2) is 35.4 Å². The second-order valence-electron chi connectivity index (χ2n) is 8.28.